The maximum Gasteiger partial charge on any atom is 0.324 e. The highest BCUT2D eigenvalue weighted by atomic mass is 32.1. The van der Waals surface area contributed by atoms with Gasteiger partial charge in [0.25, 0.3) is 0 Å². The largest absolute Gasteiger partial charge is 0.465 e. The number of H-pyrrole nitrogens is 1. The van der Waals surface area contributed by atoms with Crippen molar-refractivity contribution in [3.63, 3.8) is 0 Å². The number of nitrogens with zero attached hydrogens (tertiary/aromatic N) is 1. The Labute approximate surface area is 249 Å². The van der Waals surface area contributed by atoms with E-state index in [1.165, 1.54) is 11.3 Å². The number of nitrogens with one attached hydrogen (secondary N) is 3. The van der Waals surface area contributed by atoms with E-state index < -0.39 is 29.0 Å². The first-order valence-corrected chi connectivity index (χ1v) is 15.0. The lowest BCUT2D eigenvalue weighted by Crippen LogP contribution is -2.60. The third-order valence-electron chi connectivity index (χ3n) is 7.07. The SMILES string of the molecule is CC(C)(N)C(=O)N[C@@H](C=O)Cc1c[nH]c2ccccc12.CCOC(=O)C1NCCCC1(Cc1cscn1)C(=O)OCC. The fraction of sp³-hybridized carbons (Fsp3) is 0.500. The highest BCUT2D eigenvalue weighted by Gasteiger charge is 2.52. The third-order valence-corrected chi connectivity index (χ3v) is 7.70. The zero-order chi connectivity index (χ0) is 30.8. The van der Waals surface area contributed by atoms with Gasteiger partial charge in [-0.1, -0.05) is 18.2 Å². The minimum atomic E-state index is -0.999. The smallest absolute Gasteiger partial charge is 0.324 e. The van der Waals surface area contributed by atoms with E-state index in [0.29, 0.717) is 25.8 Å². The molecule has 228 valence electrons. The van der Waals surface area contributed by atoms with Gasteiger partial charge in [0.05, 0.1) is 41.4 Å². The molecule has 5 N–H and O–H groups in total. The van der Waals surface area contributed by atoms with Crippen LogP contribution < -0.4 is 16.4 Å². The van der Waals surface area contributed by atoms with Gasteiger partial charge in [-0.25, -0.2) is 4.98 Å². The summed E-state index contributed by atoms with van der Waals surface area (Å²) in [6.07, 6.45) is 4.81. The zero-order valence-electron chi connectivity index (χ0n) is 24.6. The number of aromatic nitrogens is 2. The average molecular weight is 600 g/mol. The normalized spacial score (nSPS) is 19.2. The van der Waals surface area contributed by atoms with Crippen LogP contribution in [0.25, 0.3) is 10.9 Å². The monoisotopic (exact) mass is 599 g/mol. The second-order valence-corrected chi connectivity index (χ2v) is 11.5. The molecule has 0 spiro atoms. The van der Waals surface area contributed by atoms with E-state index in [1.807, 2.05) is 35.8 Å². The zero-order valence-corrected chi connectivity index (χ0v) is 25.4. The summed E-state index contributed by atoms with van der Waals surface area (Å²) in [6.45, 7) is 7.99. The van der Waals surface area contributed by atoms with E-state index in [2.05, 4.69) is 20.6 Å². The van der Waals surface area contributed by atoms with Crippen LogP contribution in [0.5, 0.6) is 0 Å². The standard InChI is InChI=1S/C15H19N3O2.C15H22N2O4S/c1-15(2,16)14(20)18-11(9-19)7-10-8-17-13-6-4-3-5-12(10)13;1-3-20-13(18)12-15(6-5-7-16-12,14(19)21-4-2)8-11-9-22-10-17-11/h3-6,8-9,11,17H,7,16H2,1-2H3,(H,18,20);9-10,12,16H,3-8H2,1-2H3/t11-;/m1./s1. The van der Waals surface area contributed by atoms with Gasteiger partial charge in [-0.15, -0.1) is 11.3 Å². The molecular weight excluding hydrogens is 558 g/mol. The number of esters is 2. The topological polar surface area (TPSA) is 165 Å². The predicted octanol–water partition coefficient (Wildman–Crippen LogP) is 2.68. The van der Waals surface area contributed by atoms with Crippen molar-refractivity contribution < 1.29 is 28.7 Å². The molecule has 42 heavy (non-hydrogen) atoms. The Hall–Kier alpha value is -3.61. The highest BCUT2D eigenvalue weighted by Crippen LogP contribution is 2.37. The van der Waals surface area contributed by atoms with Crippen molar-refractivity contribution in [1.29, 1.82) is 0 Å². The molecule has 11 nitrogen and oxygen atoms in total. The van der Waals surface area contributed by atoms with Crippen molar-refractivity contribution in [3.8, 4) is 0 Å². The molecular formula is C30H41N5O6S. The van der Waals surface area contributed by atoms with Gasteiger partial charge in [0.1, 0.15) is 12.3 Å². The van der Waals surface area contributed by atoms with Gasteiger partial charge >= 0.3 is 11.9 Å². The number of carbonyl (C=O) groups excluding carboxylic acids is 4. The van der Waals surface area contributed by atoms with Crippen LogP contribution in [-0.2, 0) is 41.5 Å². The van der Waals surface area contributed by atoms with Gasteiger partial charge < -0.3 is 35.6 Å². The minimum absolute atomic E-state index is 0.284. The van der Waals surface area contributed by atoms with Gasteiger partial charge in [-0.3, -0.25) is 14.4 Å². The van der Waals surface area contributed by atoms with Gasteiger partial charge in [0, 0.05) is 35.3 Å². The number of hydrogen-bond donors (Lipinski definition) is 4. The van der Waals surface area contributed by atoms with Gasteiger partial charge in [0.15, 0.2) is 0 Å². The van der Waals surface area contributed by atoms with Crippen molar-refractivity contribution >= 4 is 46.4 Å². The maximum absolute atomic E-state index is 12.7. The molecule has 1 aliphatic heterocycles. The quantitative estimate of drug-likeness (QED) is 0.191. The number of amides is 1. The summed E-state index contributed by atoms with van der Waals surface area (Å²) in [7, 11) is 0. The Bertz CT molecular complexity index is 1340. The van der Waals surface area contributed by atoms with E-state index in [1.54, 1.807) is 33.2 Å². The van der Waals surface area contributed by atoms with Gasteiger partial charge in [-0.05, 0) is 58.7 Å². The number of carbonyl (C=O) groups is 4. The third kappa shape index (κ3) is 8.24. The summed E-state index contributed by atoms with van der Waals surface area (Å²) >= 11 is 1.47. The summed E-state index contributed by atoms with van der Waals surface area (Å²) in [6, 6.07) is 6.57. The Balaban J connectivity index is 0.000000231. The maximum atomic E-state index is 12.7. The molecule has 1 aromatic carbocycles. The average Bonchev–Trinajstić information content (AvgIpc) is 3.63. The molecule has 2 aromatic heterocycles. The fourth-order valence-electron chi connectivity index (χ4n) is 4.95. The van der Waals surface area contributed by atoms with Crippen LogP contribution in [0.2, 0.25) is 0 Å². The molecule has 0 saturated carbocycles. The van der Waals surface area contributed by atoms with Crippen LogP contribution >= 0.6 is 11.3 Å². The van der Waals surface area contributed by atoms with Crippen LogP contribution in [0.4, 0.5) is 0 Å². The molecule has 4 rings (SSSR count). The van der Waals surface area contributed by atoms with Crippen molar-refractivity contribution in [2.45, 2.75) is 71.0 Å². The number of aromatic amines is 1. The first-order valence-electron chi connectivity index (χ1n) is 14.1. The Morgan fingerprint density at radius 3 is 2.62 bits per heavy atom. The molecule has 12 heteroatoms. The van der Waals surface area contributed by atoms with E-state index in [0.717, 1.165) is 34.9 Å². The summed E-state index contributed by atoms with van der Waals surface area (Å²) < 4.78 is 10.4. The van der Waals surface area contributed by atoms with Crippen LogP contribution in [0.15, 0.2) is 41.4 Å². The number of aldehydes is 1. The molecule has 1 aliphatic rings. The predicted molar refractivity (Wildman–Crippen MR) is 161 cm³/mol. The fourth-order valence-corrected chi connectivity index (χ4v) is 5.51. The van der Waals surface area contributed by atoms with Crippen LogP contribution in [-0.4, -0.2) is 71.5 Å². The molecule has 0 radical (unpaired) electrons. The number of fused-ring (bicyclic) bond motifs is 1. The first-order chi connectivity index (χ1) is 20.1. The summed E-state index contributed by atoms with van der Waals surface area (Å²) in [4.78, 5) is 55.4. The molecule has 1 saturated heterocycles. The molecule has 1 amide bonds. The van der Waals surface area contributed by atoms with Crippen molar-refractivity contribution in [2.75, 3.05) is 19.8 Å². The lowest BCUT2D eigenvalue weighted by atomic mass is 9.70. The lowest BCUT2D eigenvalue weighted by Gasteiger charge is -2.40. The number of rotatable bonds is 11. The molecule has 0 aliphatic carbocycles. The van der Waals surface area contributed by atoms with Crippen LogP contribution in [0.1, 0.15) is 51.8 Å². The number of thiazole rings is 1. The number of benzene rings is 1. The van der Waals surface area contributed by atoms with E-state index >= 15 is 0 Å². The number of piperidine rings is 1. The Morgan fingerprint density at radius 2 is 1.98 bits per heavy atom. The molecule has 3 atom stereocenters. The van der Waals surface area contributed by atoms with E-state index in [-0.39, 0.29) is 25.1 Å². The van der Waals surface area contributed by atoms with Gasteiger partial charge in [-0.2, -0.15) is 0 Å². The summed E-state index contributed by atoms with van der Waals surface area (Å²) in [5.74, 6) is -1.09. The van der Waals surface area contributed by atoms with Gasteiger partial charge in [0.2, 0.25) is 5.91 Å². The van der Waals surface area contributed by atoms with E-state index in [4.69, 9.17) is 15.2 Å². The molecule has 0 bridgehead atoms. The number of para-hydroxylation sites is 1. The molecule has 3 heterocycles. The Kier molecular flexibility index (Phi) is 11.8. The second kappa shape index (κ2) is 15.0. The van der Waals surface area contributed by atoms with Crippen LogP contribution in [0, 0.1) is 5.41 Å². The second-order valence-electron chi connectivity index (χ2n) is 10.8. The highest BCUT2D eigenvalue weighted by molar-refractivity contribution is 7.07. The van der Waals surface area contributed by atoms with Crippen molar-refractivity contribution in [1.82, 2.24) is 20.6 Å². The molecule has 1 fully saturated rings. The van der Waals surface area contributed by atoms with Crippen LogP contribution in [0.3, 0.4) is 0 Å². The first kappa shape index (κ1) is 32.9. The lowest BCUT2D eigenvalue weighted by molar-refractivity contribution is -0.168. The van der Waals surface area contributed by atoms with E-state index in [9.17, 15) is 19.2 Å². The number of hydrogen-bond acceptors (Lipinski definition) is 10. The van der Waals surface area contributed by atoms with Crippen molar-refractivity contribution in [3.05, 3.63) is 52.6 Å². The number of ether oxygens (including phenoxy) is 2. The number of nitrogens with two attached hydrogens (primary N) is 1. The minimum Gasteiger partial charge on any atom is -0.465 e. The summed E-state index contributed by atoms with van der Waals surface area (Å²) in [5, 5.41) is 8.77. The molecule has 3 aromatic rings. The molecule has 2 unspecified atom stereocenters. The summed E-state index contributed by atoms with van der Waals surface area (Å²) in [5.41, 5.74) is 8.30. The Morgan fingerprint density at radius 1 is 1.24 bits per heavy atom. The van der Waals surface area contributed by atoms with Crippen molar-refractivity contribution in [2.24, 2.45) is 11.1 Å².